The van der Waals surface area contributed by atoms with Crippen LogP contribution in [0, 0.1) is 11.2 Å². The van der Waals surface area contributed by atoms with Crippen molar-refractivity contribution >= 4 is 11.6 Å². The van der Waals surface area contributed by atoms with E-state index in [9.17, 15) is 9.50 Å². The van der Waals surface area contributed by atoms with Gasteiger partial charge in [-0.2, -0.15) is 0 Å². The lowest BCUT2D eigenvalue weighted by Gasteiger charge is -2.24. The van der Waals surface area contributed by atoms with Gasteiger partial charge in [0, 0.05) is 17.0 Å². The Bertz CT molecular complexity index is 375. The second kappa shape index (κ2) is 4.70. The maximum absolute atomic E-state index is 13.5. The molecule has 2 nitrogen and oxygen atoms in total. The molecule has 2 rings (SSSR count). The molecule has 16 heavy (non-hydrogen) atoms. The fourth-order valence-corrected chi connectivity index (χ4v) is 2.25. The van der Waals surface area contributed by atoms with Crippen molar-refractivity contribution < 1.29 is 14.2 Å². The van der Waals surface area contributed by atoms with Crippen LogP contribution in [0.4, 0.5) is 4.39 Å². The van der Waals surface area contributed by atoms with Crippen molar-refractivity contribution in [3.63, 3.8) is 0 Å². The molecule has 1 aromatic carbocycles. The Morgan fingerprint density at radius 1 is 1.50 bits per heavy atom. The summed E-state index contributed by atoms with van der Waals surface area (Å²) < 4.78 is 18.8. The predicted molar refractivity (Wildman–Crippen MR) is 60.1 cm³/mol. The zero-order valence-corrected chi connectivity index (χ0v) is 9.63. The molecule has 0 radical (unpaired) electrons. The SMILES string of the molecule is OCC1(Cc2cc(Cl)ccc2F)CCOC1. The first-order valence-electron chi connectivity index (χ1n) is 5.28. The Hall–Kier alpha value is -0.640. The van der Waals surface area contributed by atoms with Gasteiger partial charge in [-0.05, 0) is 36.6 Å². The maximum atomic E-state index is 13.5. The molecule has 1 heterocycles. The highest BCUT2D eigenvalue weighted by Gasteiger charge is 2.35. The van der Waals surface area contributed by atoms with Gasteiger partial charge in [0.25, 0.3) is 0 Å². The molecule has 0 amide bonds. The van der Waals surface area contributed by atoms with Gasteiger partial charge in [-0.3, -0.25) is 0 Å². The van der Waals surface area contributed by atoms with Crippen LogP contribution >= 0.6 is 11.6 Å². The number of benzene rings is 1. The summed E-state index contributed by atoms with van der Waals surface area (Å²) in [5.74, 6) is -0.274. The van der Waals surface area contributed by atoms with Gasteiger partial charge in [0.2, 0.25) is 0 Å². The summed E-state index contributed by atoms with van der Waals surface area (Å²) in [4.78, 5) is 0. The normalized spacial score (nSPS) is 24.9. The Labute approximate surface area is 99.0 Å². The largest absolute Gasteiger partial charge is 0.396 e. The summed E-state index contributed by atoms with van der Waals surface area (Å²) in [5.41, 5.74) is 0.206. The molecule has 1 aromatic rings. The van der Waals surface area contributed by atoms with E-state index in [2.05, 4.69) is 0 Å². The number of hydrogen-bond donors (Lipinski definition) is 1. The Morgan fingerprint density at radius 2 is 2.31 bits per heavy atom. The van der Waals surface area contributed by atoms with Gasteiger partial charge in [0.15, 0.2) is 0 Å². The van der Waals surface area contributed by atoms with Gasteiger partial charge in [-0.15, -0.1) is 0 Å². The van der Waals surface area contributed by atoms with E-state index in [1.165, 1.54) is 12.1 Å². The Balaban J connectivity index is 2.21. The molecule has 1 aliphatic rings. The van der Waals surface area contributed by atoms with Crippen molar-refractivity contribution in [2.24, 2.45) is 5.41 Å². The van der Waals surface area contributed by atoms with Crippen molar-refractivity contribution in [1.29, 1.82) is 0 Å². The zero-order valence-electron chi connectivity index (χ0n) is 8.88. The summed E-state index contributed by atoms with van der Waals surface area (Å²) in [6, 6.07) is 4.50. The summed E-state index contributed by atoms with van der Waals surface area (Å²) in [7, 11) is 0. The minimum atomic E-state index is -0.342. The van der Waals surface area contributed by atoms with E-state index in [1.807, 2.05) is 0 Å². The van der Waals surface area contributed by atoms with E-state index < -0.39 is 0 Å². The van der Waals surface area contributed by atoms with Gasteiger partial charge in [-0.25, -0.2) is 4.39 Å². The number of aliphatic hydroxyl groups is 1. The highest BCUT2D eigenvalue weighted by molar-refractivity contribution is 6.30. The first-order valence-corrected chi connectivity index (χ1v) is 5.66. The average molecular weight is 245 g/mol. The minimum absolute atomic E-state index is 0.0129. The molecule has 1 N–H and O–H groups in total. The topological polar surface area (TPSA) is 29.5 Å². The van der Waals surface area contributed by atoms with Crippen molar-refractivity contribution in [1.82, 2.24) is 0 Å². The zero-order chi connectivity index (χ0) is 11.6. The highest BCUT2D eigenvalue weighted by Crippen LogP contribution is 2.33. The van der Waals surface area contributed by atoms with Gasteiger partial charge >= 0.3 is 0 Å². The minimum Gasteiger partial charge on any atom is -0.396 e. The molecule has 0 aromatic heterocycles. The summed E-state index contributed by atoms with van der Waals surface area (Å²) >= 11 is 5.83. The van der Waals surface area contributed by atoms with Crippen molar-refractivity contribution in [2.75, 3.05) is 19.8 Å². The third kappa shape index (κ3) is 2.37. The van der Waals surface area contributed by atoms with E-state index in [0.717, 1.165) is 6.42 Å². The number of rotatable bonds is 3. The van der Waals surface area contributed by atoms with Crippen LogP contribution in [0.25, 0.3) is 0 Å². The molecule has 1 unspecified atom stereocenters. The predicted octanol–water partition coefficient (Wildman–Crippen LogP) is 2.42. The standard InChI is InChI=1S/C12H14ClFO2/c13-10-1-2-11(14)9(5-10)6-12(7-15)3-4-16-8-12/h1-2,5,15H,3-4,6-8H2. The smallest absolute Gasteiger partial charge is 0.126 e. The van der Waals surface area contributed by atoms with Crippen LogP contribution in [-0.2, 0) is 11.2 Å². The molecular formula is C12H14ClFO2. The fourth-order valence-electron chi connectivity index (χ4n) is 2.05. The first kappa shape index (κ1) is 11.8. The molecule has 1 saturated heterocycles. The van der Waals surface area contributed by atoms with E-state index in [-0.39, 0.29) is 17.8 Å². The second-order valence-electron chi connectivity index (χ2n) is 4.37. The molecule has 4 heteroatoms. The Kier molecular flexibility index (Phi) is 3.47. The van der Waals surface area contributed by atoms with E-state index in [4.69, 9.17) is 16.3 Å². The fraction of sp³-hybridized carbons (Fsp3) is 0.500. The maximum Gasteiger partial charge on any atom is 0.126 e. The molecule has 0 spiro atoms. The van der Waals surface area contributed by atoms with Gasteiger partial charge in [-0.1, -0.05) is 11.6 Å². The summed E-state index contributed by atoms with van der Waals surface area (Å²) in [6.45, 7) is 1.12. The molecular weight excluding hydrogens is 231 g/mol. The van der Waals surface area contributed by atoms with Gasteiger partial charge in [0.05, 0.1) is 13.2 Å². The first-order chi connectivity index (χ1) is 7.65. The molecule has 1 fully saturated rings. The summed E-state index contributed by atoms with van der Waals surface area (Å²) in [6.07, 6.45) is 1.23. The number of halogens is 2. The van der Waals surface area contributed by atoms with Crippen LogP contribution in [0.3, 0.4) is 0 Å². The van der Waals surface area contributed by atoms with E-state index in [1.54, 1.807) is 6.07 Å². The third-order valence-corrected chi connectivity index (χ3v) is 3.33. The second-order valence-corrected chi connectivity index (χ2v) is 4.81. The van der Waals surface area contributed by atoms with Crippen LogP contribution in [0.5, 0.6) is 0 Å². The lowest BCUT2D eigenvalue weighted by Crippen LogP contribution is -2.28. The average Bonchev–Trinajstić information content (AvgIpc) is 2.73. The molecule has 88 valence electrons. The molecule has 1 atom stereocenters. The van der Waals surface area contributed by atoms with Crippen LogP contribution in [0.2, 0.25) is 5.02 Å². The quantitative estimate of drug-likeness (QED) is 0.885. The van der Waals surface area contributed by atoms with Crippen LogP contribution in [0.1, 0.15) is 12.0 Å². The van der Waals surface area contributed by atoms with E-state index in [0.29, 0.717) is 30.2 Å². The number of ether oxygens (including phenoxy) is 1. The third-order valence-electron chi connectivity index (χ3n) is 3.09. The van der Waals surface area contributed by atoms with Crippen LogP contribution < -0.4 is 0 Å². The molecule has 1 aliphatic heterocycles. The summed E-state index contributed by atoms with van der Waals surface area (Å²) in [5, 5.41) is 9.92. The van der Waals surface area contributed by atoms with Crippen LogP contribution in [0.15, 0.2) is 18.2 Å². The number of aliphatic hydroxyl groups excluding tert-OH is 1. The molecule has 0 aliphatic carbocycles. The Morgan fingerprint density at radius 3 is 2.94 bits per heavy atom. The van der Waals surface area contributed by atoms with E-state index >= 15 is 0 Å². The number of hydrogen-bond acceptors (Lipinski definition) is 2. The van der Waals surface area contributed by atoms with Crippen LogP contribution in [-0.4, -0.2) is 24.9 Å². The van der Waals surface area contributed by atoms with Crippen molar-refractivity contribution in [3.8, 4) is 0 Å². The van der Waals surface area contributed by atoms with Gasteiger partial charge < -0.3 is 9.84 Å². The van der Waals surface area contributed by atoms with Crippen molar-refractivity contribution in [3.05, 3.63) is 34.6 Å². The highest BCUT2D eigenvalue weighted by atomic mass is 35.5. The molecule has 0 saturated carbocycles. The monoisotopic (exact) mass is 244 g/mol. The van der Waals surface area contributed by atoms with Crippen molar-refractivity contribution in [2.45, 2.75) is 12.8 Å². The van der Waals surface area contributed by atoms with Gasteiger partial charge in [0.1, 0.15) is 5.82 Å². The lowest BCUT2D eigenvalue weighted by atomic mass is 9.82. The molecule has 0 bridgehead atoms. The lowest BCUT2D eigenvalue weighted by molar-refractivity contribution is 0.0929.